The van der Waals surface area contributed by atoms with Gasteiger partial charge < -0.3 is 33.6 Å². The number of benzene rings is 2. The average Bonchev–Trinajstić information content (AvgIpc) is 2.50. The highest BCUT2D eigenvalue weighted by molar-refractivity contribution is 7.82. The van der Waals surface area contributed by atoms with E-state index in [1.165, 1.54) is 6.07 Å². The van der Waals surface area contributed by atoms with Crippen LogP contribution in [0.1, 0.15) is 6.42 Å². The minimum Gasteiger partial charge on any atom is -0.399 e. The van der Waals surface area contributed by atoms with Crippen LogP contribution in [0.5, 0.6) is 0 Å². The van der Waals surface area contributed by atoms with E-state index in [-0.39, 0.29) is 6.42 Å². The maximum absolute atomic E-state index is 11.4. The highest BCUT2D eigenvalue weighted by atomic mass is 32.3. The van der Waals surface area contributed by atoms with Crippen molar-refractivity contribution in [3.63, 3.8) is 0 Å². The first-order valence-electron chi connectivity index (χ1n) is 7.66. The highest BCUT2D eigenvalue weighted by Gasteiger charge is 2.52. The Bertz CT molecular complexity index is 922. The second-order valence-corrected chi connectivity index (χ2v) is 6.97. The Hall–Kier alpha value is -2.89. The van der Waals surface area contributed by atoms with Crippen LogP contribution in [0.4, 0.5) is 34.1 Å². The Kier molecular flexibility index (Phi) is 4.44. The van der Waals surface area contributed by atoms with Crippen LogP contribution in [0, 0.1) is 0 Å². The molecule has 10 nitrogen and oxygen atoms in total. The molecule has 10 N–H and O–H groups in total. The predicted molar refractivity (Wildman–Crippen MR) is 101 cm³/mol. The molecule has 2 aromatic rings. The van der Waals surface area contributed by atoms with Crippen LogP contribution in [-0.2, 0) is 18.8 Å². The molecular formula is C15H20N6O4S. The number of hydrogen-bond donors (Lipinski definition) is 6. The summed E-state index contributed by atoms with van der Waals surface area (Å²) in [5.74, 6) is -1.57. The fourth-order valence-electron chi connectivity index (χ4n) is 2.53. The summed E-state index contributed by atoms with van der Waals surface area (Å²) in [4.78, 5) is 0. The van der Waals surface area contributed by atoms with Crippen LogP contribution in [0.25, 0.3) is 0 Å². The van der Waals surface area contributed by atoms with Gasteiger partial charge in [-0.2, -0.15) is 16.8 Å². The third-order valence-corrected chi connectivity index (χ3v) is 4.67. The second-order valence-electron chi connectivity index (χ2n) is 5.82. The number of nitrogens with one attached hydrogen (secondary N) is 2. The van der Waals surface area contributed by atoms with E-state index in [1.807, 2.05) is 0 Å². The Morgan fingerprint density at radius 2 is 1.42 bits per heavy atom. The van der Waals surface area contributed by atoms with Crippen LogP contribution in [0.3, 0.4) is 0 Å². The number of rotatable bonds is 6. The summed E-state index contributed by atoms with van der Waals surface area (Å²) < 4.78 is 32.6. The molecule has 1 aliphatic rings. The third kappa shape index (κ3) is 3.85. The highest BCUT2D eigenvalue weighted by Crippen LogP contribution is 2.37. The molecule has 0 bridgehead atoms. The summed E-state index contributed by atoms with van der Waals surface area (Å²) in [5, 5.41) is 5.93. The molecule has 140 valence electrons. The average molecular weight is 380 g/mol. The van der Waals surface area contributed by atoms with Gasteiger partial charge in [0.05, 0.1) is 22.7 Å². The van der Waals surface area contributed by atoms with Crippen LogP contribution in [0.15, 0.2) is 36.4 Å². The first-order chi connectivity index (χ1) is 12.2. The summed E-state index contributed by atoms with van der Waals surface area (Å²) in [5.41, 5.74) is 26.0. The van der Waals surface area contributed by atoms with Crippen molar-refractivity contribution in [3.05, 3.63) is 36.4 Å². The molecule has 1 saturated heterocycles. The fourth-order valence-corrected chi connectivity index (χ4v) is 3.45. The molecule has 1 fully saturated rings. The maximum atomic E-state index is 11.4. The fraction of sp³-hybridized carbons (Fsp3) is 0.200. The zero-order chi connectivity index (χ0) is 18.9. The topological polar surface area (TPSA) is 181 Å². The summed E-state index contributed by atoms with van der Waals surface area (Å²) in [6.45, 7) is 0.297. The van der Waals surface area contributed by atoms with Gasteiger partial charge in [0.25, 0.3) is 5.91 Å². The van der Waals surface area contributed by atoms with Crippen LogP contribution < -0.4 is 33.6 Å². The zero-order valence-electron chi connectivity index (χ0n) is 13.7. The first-order valence-corrected chi connectivity index (χ1v) is 9.00. The summed E-state index contributed by atoms with van der Waals surface area (Å²) in [6, 6.07) is 9.80. The molecule has 0 amide bonds. The summed E-state index contributed by atoms with van der Waals surface area (Å²) in [6.07, 6.45) is 0.139. The molecule has 3 rings (SSSR count). The molecule has 0 saturated carbocycles. The lowest BCUT2D eigenvalue weighted by molar-refractivity contribution is -0.166. The minimum atomic E-state index is -4.04. The summed E-state index contributed by atoms with van der Waals surface area (Å²) in [7, 11) is -4.04. The Labute approximate surface area is 150 Å². The number of hydrogen-bond acceptors (Lipinski definition) is 10. The van der Waals surface area contributed by atoms with Crippen molar-refractivity contribution in [3.8, 4) is 0 Å². The number of nitrogen functional groups attached to an aromatic ring is 4. The van der Waals surface area contributed by atoms with Gasteiger partial charge in [-0.25, -0.2) is 0 Å². The van der Waals surface area contributed by atoms with Gasteiger partial charge in [-0.15, -0.1) is 0 Å². The van der Waals surface area contributed by atoms with Gasteiger partial charge in [0, 0.05) is 24.3 Å². The molecular weight excluding hydrogens is 360 g/mol. The number of nitrogens with two attached hydrogens (primary N) is 4. The zero-order valence-corrected chi connectivity index (χ0v) is 14.5. The van der Waals surface area contributed by atoms with Crippen molar-refractivity contribution in [1.82, 2.24) is 0 Å². The van der Waals surface area contributed by atoms with E-state index in [4.69, 9.17) is 31.3 Å². The molecule has 0 unspecified atom stereocenters. The lowest BCUT2D eigenvalue weighted by Gasteiger charge is -2.40. The van der Waals surface area contributed by atoms with Gasteiger partial charge in [0.2, 0.25) is 0 Å². The Morgan fingerprint density at radius 1 is 0.885 bits per heavy atom. The molecule has 0 spiro atoms. The van der Waals surface area contributed by atoms with Gasteiger partial charge in [-0.1, -0.05) is 0 Å². The second kappa shape index (κ2) is 6.44. The largest absolute Gasteiger partial charge is 0.408 e. The third-order valence-electron chi connectivity index (χ3n) is 3.72. The SMILES string of the molecule is Nc1ccc(NCCC2(Nc3ccc(N)cc3N)OS(=O)(=O)O2)c(N)c1. The first kappa shape index (κ1) is 17.9. The van der Waals surface area contributed by atoms with E-state index < -0.39 is 16.3 Å². The van der Waals surface area contributed by atoms with E-state index in [0.29, 0.717) is 40.7 Å². The van der Waals surface area contributed by atoms with E-state index in [2.05, 4.69) is 10.6 Å². The van der Waals surface area contributed by atoms with E-state index in [1.54, 1.807) is 30.3 Å². The summed E-state index contributed by atoms with van der Waals surface area (Å²) >= 11 is 0. The molecule has 2 aromatic carbocycles. The minimum absolute atomic E-state index is 0.139. The van der Waals surface area contributed by atoms with Gasteiger partial charge in [-0.3, -0.25) is 0 Å². The predicted octanol–water partition coefficient (Wildman–Crippen LogP) is 0.875. The van der Waals surface area contributed by atoms with Crippen molar-refractivity contribution in [2.75, 3.05) is 40.1 Å². The molecule has 0 atom stereocenters. The van der Waals surface area contributed by atoms with Crippen molar-refractivity contribution < 1.29 is 16.8 Å². The van der Waals surface area contributed by atoms with Crippen molar-refractivity contribution in [2.24, 2.45) is 0 Å². The molecule has 11 heteroatoms. The van der Waals surface area contributed by atoms with Crippen molar-refractivity contribution >= 4 is 44.5 Å². The van der Waals surface area contributed by atoms with Gasteiger partial charge in [0.1, 0.15) is 0 Å². The Balaban J connectivity index is 1.70. The van der Waals surface area contributed by atoms with Crippen LogP contribution in [0.2, 0.25) is 0 Å². The van der Waals surface area contributed by atoms with Crippen molar-refractivity contribution in [1.29, 1.82) is 0 Å². The van der Waals surface area contributed by atoms with E-state index in [0.717, 1.165) is 0 Å². The van der Waals surface area contributed by atoms with Gasteiger partial charge in [-0.05, 0) is 36.4 Å². The van der Waals surface area contributed by atoms with Crippen LogP contribution in [-0.4, -0.2) is 20.9 Å². The molecule has 0 aliphatic carbocycles. The standard InChI is InChI=1S/C15H20N6O4S/c16-9-1-3-13(11(18)7-9)20-6-5-15(24-26(22,23)25-15)21-14-4-2-10(17)8-12(14)19/h1-4,7-8,20-21H,5-6,16-19H2. The maximum Gasteiger partial charge on any atom is 0.408 e. The smallest absolute Gasteiger partial charge is 0.399 e. The molecule has 26 heavy (non-hydrogen) atoms. The van der Waals surface area contributed by atoms with Gasteiger partial charge >= 0.3 is 10.4 Å². The molecule has 1 aliphatic heterocycles. The number of anilines is 6. The van der Waals surface area contributed by atoms with Crippen molar-refractivity contribution in [2.45, 2.75) is 12.3 Å². The quantitative estimate of drug-likeness (QED) is 0.393. The van der Waals surface area contributed by atoms with Crippen LogP contribution >= 0.6 is 0 Å². The lowest BCUT2D eigenvalue weighted by atomic mass is 10.2. The molecule has 1 heterocycles. The Morgan fingerprint density at radius 3 is 1.92 bits per heavy atom. The van der Waals surface area contributed by atoms with E-state index >= 15 is 0 Å². The lowest BCUT2D eigenvalue weighted by Crippen LogP contribution is -2.57. The molecule has 0 radical (unpaired) electrons. The normalized spacial score (nSPS) is 17.2. The molecule has 0 aromatic heterocycles. The van der Waals surface area contributed by atoms with E-state index in [9.17, 15) is 8.42 Å². The monoisotopic (exact) mass is 380 g/mol. The van der Waals surface area contributed by atoms with Gasteiger partial charge in [0.15, 0.2) is 0 Å².